The summed E-state index contributed by atoms with van der Waals surface area (Å²) in [6, 6.07) is 3.87. The Morgan fingerprint density at radius 1 is 1.53 bits per heavy atom. The second-order valence-electron chi connectivity index (χ2n) is 3.43. The van der Waals surface area contributed by atoms with Crippen LogP contribution in [-0.2, 0) is 4.79 Å². The highest BCUT2D eigenvalue weighted by Crippen LogP contribution is 2.31. The molecule has 0 radical (unpaired) electrons. The lowest BCUT2D eigenvalue weighted by Crippen LogP contribution is -2.21. The number of hydrogen-bond donors (Lipinski definition) is 2. The van der Waals surface area contributed by atoms with E-state index in [1.807, 2.05) is 0 Å². The number of aliphatic carboxylic acids is 1. The van der Waals surface area contributed by atoms with Crippen molar-refractivity contribution in [1.82, 2.24) is 0 Å². The van der Waals surface area contributed by atoms with Gasteiger partial charge in [0.1, 0.15) is 5.75 Å². The maximum atomic E-state index is 12.7. The van der Waals surface area contributed by atoms with Gasteiger partial charge in [-0.05, 0) is 17.7 Å². The quantitative estimate of drug-likeness (QED) is 0.829. The fourth-order valence-electron chi connectivity index (χ4n) is 1.52. The Kier molecular flexibility index (Phi) is 4.39. The second-order valence-corrected chi connectivity index (χ2v) is 3.43. The molecule has 3 N–H and O–H groups in total. The van der Waals surface area contributed by atoms with Gasteiger partial charge in [0.2, 0.25) is 0 Å². The highest BCUT2D eigenvalue weighted by atomic mass is 19.3. The summed E-state index contributed by atoms with van der Waals surface area (Å²) in [7, 11) is 1.28. The Labute approximate surface area is 97.0 Å². The van der Waals surface area contributed by atoms with E-state index in [0.717, 1.165) is 6.07 Å². The summed E-state index contributed by atoms with van der Waals surface area (Å²) in [4.78, 5) is 10.9. The third kappa shape index (κ3) is 2.91. The van der Waals surface area contributed by atoms with Crippen LogP contribution in [0.4, 0.5) is 8.78 Å². The number of methoxy groups -OCH3 is 1. The van der Waals surface area contributed by atoms with Crippen molar-refractivity contribution in [3.05, 3.63) is 29.3 Å². The van der Waals surface area contributed by atoms with Gasteiger partial charge in [-0.25, -0.2) is 8.78 Å². The summed E-state index contributed by atoms with van der Waals surface area (Å²) in [5.74, 6) is -2.10. The number of hydrogen-bond acceptors (Lipinski definition) is 3. The van der Waals surface area contributed by atoms with Crippen molar-refractivity contribution in [3.8, 4) is 5.75 Å². The molecule has 1 rings (SSSR count). The van der Waals surface area contributed by atoms with Crippen LogP contribution in [0.15, 0.2) is 18.2 Å². The van der Waals surface area contributed by atoms with Crippen molar-refractivity contribution < 1.29 is 23.4 Å². The fourth-order valence-corrected chi connectivity index (χ4v) is 1.52. The summed E-state index contributed by atoms with van der Waals surface area (Å²) in [5, 5.41) is 8.88. The van der Waals surface area contributed by atoms with Crippen LogP contribution in [-0.4, -0.2) is 24.7 Å². The average Bonchev–Trinajstić information content (AvgIpc) is 2.29. The van der Waals surface area contributed by atoms with E-state index in [4.69, 9.17) is 15.6 Å². The molecule has 0 saturated heterocycles. The zero-order chi connectivity index (χ0) is 13.0. The molecule has 0 aliphatic carbocycles. The zero-order valence-corrected chi connectivity index (χ0v) is 9.19. The maximum Gasteiger partial charge on any atom is 0.312 e. The lowest BCUT2D eigenvalue weighted by molar-refractivity contribution is -0.138. The van der Waals surface area contributed by atoms with Crippen molar-refractivity contribution in [3.63, 3.8) is 0 Å². The number of rotatable bonds is 5. The molecular formula is C11H13F2NO3. The summed E-state index contributed by atoms with van der Waals surface area (Å²) in [5.41, 5.74) is 5.22. The molecule has 94 valence electrons. The standard InChI is InChI=1S/C11H13F2NO3/c1-17-9-3-2-6(4-7(9)10(12)13)8(5-14)11(15)16/h2-4,8,10H,5,14H2,1H3,(H,15,16). The lowest BCUT2D eigenvalue weighted by Gasteiger charge is -2.14. The predicted molar refractivity (Wildman–Crippen MR) is 57.4 cm³/mol. The summed E-state index contributed by atoms with van der Waals surface area (Å²) in [6.45, 7) is -0.148. The molecule has 17 heavy (non-hydrogen) atoms. The van der Waals surface area contributed by atoms with Gasteiger partial charge in [-0.2, -0.15) is 0 Å². The second kappa shape index (κ2) is 5.58. The van der Waals surface area contributed by atoms with Gasteiger partial charge in [-0.1, -0.05) is 6.07 Å². The van der Waals surface area contributed by atoms with Crippen LogP contribution in [0.25, 0.3) is 0 Å². The highest BCUT2D eigenvalue weighted by molar-refractivity contribution is 5.76. The van der Waals surface area contributed by atoms with Gasteiger partial charge in [0.25, 0.3) is 6.43 Å². The van der Waals surface area contributed by atoms with Gasteiger partial charge in [0.05, 0.1) is 18.6 Å². The van der Waals surface area contributed by atoms with Crippen LogP contribution < -0.4 is 10.5 Å². The lowest BCUT2D eigenvalue weighted by atomic mass is 9.97. The molecule has 1 atom stereocenters. The van der Waals surface area contributed by atoms with Gasteiger partial charge < -0.3 is 15.6 Å². The smallest absolute Gasteiger partial charge is 0.312 e. The molecule has 1 aromatic carbocycles. The molecule has 1 unspecified atom stereocenters. The molecule has 0 amide bonds. The van der Waals surface area contributed by atoms with Crippen LogP contribution in [0.3, 0.4) is 0 Å². The third-order valence-electron chi connectivity index (χ3n) is 2.43. The van der Waals surface area contributed by atoms with Gasteiger partial charge in [-0.3, -0.25) is 4.79 Å². The normalized spacial score (nSPS) is 12.5. The first kappa shape index (κ1) is 13.4. The Balaban J connectivity index is 3.19. The number of carboxylic acids is 1. The summed E-state index contributed by atoms with van der Waals surface area (Å²) >= 11 is 0. The average molecular weight is 245 g/mol. The van der Waals surface area contributed by atoms with Crippen molar-refractivity contribution in [1.29, 1.82) is 0 Å². The van der Waals surface area contributed by atoms with E-state index < -0.39 is 18.3 Å². The minimum atomic E-state index is -2.72. The number of carbonyl (C=O) groups is 1. The van der Waals surface area contributed by atoms with Crippen LogP contribution >= 0.6 is 0 Å². The Morgan fingerprint density at radius 2 is 2.18 bits per heavy atom. The molecule has 0 heterocycles. The highest BCUT2D eigenvalue weighted by Gasteiger charge is 2.21. The third-order valence-corrected chi connectivity index (χ3v) is 2.43. The minimum absolute atomic E-state index is 0.0323. The topological polar surface area (TPSA) is 72.5 Å². The number of nitrogens with two attached hydrogens (primary N) is 1. The number of alkyl halides is 2. The van der Waals surface area contributed by atoms with E-state index in [-0.39, 0.29) is 23.4 Å². The largest absolute Gasteiger partial charge is 0.496 e. The number of halogens is 2. The molecule has 0 aromatic heterocycles. The molecule has 0 spiro atoms. The first-order chi connectivity index (χ1) is 8.01. The molecule has 0 aliphatic rings. The number of ether oxygens (including phenoxy) is 1. The van der Waals surface area contributed by atoms with Crippen LogP contribution in [0.2, 0.25) is 0 Å². The zero-order valence-electron chi connectivity index (χ0n) is 9.19. The van der Waals surface area contributed by atoms with Crippen molar-refractivity contribution in [2.45, 2.75) is 12.3 Å². The van der Waals surface area contributed by atoms with E-state index in [2.05, 4.69) is 0 Å². The first-order valence-electron chi connectivity index (χ1n) is 4.90. The van der Waals surface area contributed by atoms with E-state index >= 15 is 0 Å². The Bertz CT molecular complexity index is 410. The van der Waals surface area contributed by atoms with Gasteiger partial charge >= 0.3 is 5.97 Å². The maximum absolute atomic E-state index is 12.7. The number of carboxylic acid groups (broad SMARTS) is 1. The van der Waals surface area contributed by atoms with Crippen molar-refractivity contribution in [2.24, 2.45) is 5.73 Å². The molecule has 0 saturated carbocycles. The van der Waals surface area contributed by atoms with Crippen LogP contribution in [0, 0.1) is 0 Å². The molecule has 4 nitrogen and oxygen atoms in total. The van der Waals surface area contributed by atoms with Gasteiger partial charge in [-0.15, -0.1) is 0 Å². The van der Waals surface area contributed by atoms with Gasteiger partial charge in [0.15, 0.2) is 0 Å². The van der Waals surface area contributed by atoms with E-state index in [1.165, 1.54) is 19.2 Å². The Hall–Kier alpha value is -1.69. The first-order valence-corrected chi connectivity index (χ1v) is 4.90. The van der Waals surface area contributed by atoms with Crippen LogP contribution in [0.1, 0.15) is 23.5 Å². The van der Waals surface area contributed by atoms with Crippen LogP contribution in [0.5, 0.6) is 5.75 Å². The minimum Gasteiger partial charge on any atom is -0.496 e. The number of benzene rings is 1. The molecule has 6 heteroatoms. The van der Waals surface area contributed by atoms with E-state index in [9.17, 15) is 13.6 Å². The molecule has 0 aliphatic heterocycles. The summed E-state index contributed by atoms with van der Waals surface area (Å²) < 4.78 is 30.2. The molecule has 1 aromatic rings. The molecule has 0 fully saturated rings. The molecule has 0 bridgehead atoms. The summed E-state index contributed by atoms with van der Waals surface area (Å²) in [6.07, 6.45) is -2.72. The molecular weight excluding hydrogens is 232 g/mol. The van der Waals surface area contributed by atoms with Crippen molar-refractivity contribution in [2.75, 3.05) is 13.7 Å². The fraction of sp³-hybridized carbons (Fsp3) is 0.364. The SMILES string of the molecule is COc1ccc(C(CN)C(=O)O)cc1C(F)F. The van der Waals surface area contributed by atoms with Crippen molar-refractivity contribution >= 4 is 5.97 Å². The monoisotopic (exact) mass is 245 g/mol. The van der Waals surface area contributed by atoms with Gasteiger partial charge in [0, 0.05) is 6.54 Å². The van der Waals surface area contributed by atoms with E-state index in [0.29, 0.717) is 0 Å². The van der Waals surface area contributed by atoms with E-state index in [1.54, 1.807) is 0 Å². The predicted octanol–water partition coefficient (Wildman–Crippen LogP) is 1.76. The Morgan fingerprint density at radius 3 is 2.59 bits per heavy atom.